The summed E-state index contributed by atoms with van der Waals surface area (Å²) in [7, 11) is 0. The van der Waals surface area contributed by atoms with Crippen LogP contribution in [0.3, 0.4) is 0 Å². The van der Waals surface area contributed by atoms with Crippen LogP contribution in [-0.4, -0.2) is 0 Å². The Balaban J connectivity index is 1.57. The lowest BCUT2D eigenvalue weighted by molar-refractivity contribution is 1.29. The number of nitrogens with zero attached hydrogens (tertiary/aromatic N) is 1. The fraction of sp³-hybridized carbons (Fsp3) is 0.0286. The van der Waals surface area contributed by atoms with Gasteiger partial charge < -0.3 is 4.90 Å². The molecule has 0 N–H and O–H groups in total. The van der Waals surface area contributed by atoms with E-state index < -0.39 is 0 Å². The molecule has 7 rings (SSSR count). The summed E-state index contributed by atoms with van der Waals surface area (Å²) in [4.78, 5) is 2.41. The van der Waals surface area contributed by atoms with Gasteiger partial charge in [0.15, 0.2) is 0 Å². The molecule has 0 atom stereocenters. The first-order valence-corrected chi connectivity index (χ1v) is 12.5. The van der Waals surface area contributed by atoms with Crippen LogP contribution in [0.1, 0.15) is 5.56 Å². The molecular weight excluding hydrogens is 434 g/mol. The van der Waals surface area contributed by atoms with E-state index in [1.165, 1.54) is 54.3 Å². The largest absolute Gasteiger partial charge is 0.310 e. The summed E-state index contributed by atoms with van der Waals surface area (Å²) in [6, 6.07) is 48.6. The highest BCUT2D eigenvalue weighted by Gasteiger charge is 2.17. The first kappa shape index (κ1) is 20.7. The molecule has 0 aromatic heterocycles. The Morgan fingerprint density at radius 1 is 0.417 bits per heavy atom. The molecule has 0 saturated heterocycles. The summed E-state index contributed by atoms with van der Waals surface area (Å²) in [5.41, 5.74) is 4.75. The second-order valence-corrected chi connectivity index (χ2v) is 9.53. The van der Waals surface area contributed by atoms with Crippen LogP contribution in [-0.2, 0) is 0 Å². The third kappa shape index (κ3) is 3.32. The van der Waals surface area contributed by atoms with E-state index in [0.29, 0.717) is 0 Å². The Hall–Kier alpha value is -4.62. The van der Waals surface area contributed by atoms with Crippen molar-refractivity contribution in [3.8, 4) is 0 Å². The van der Waals surface area contributed by atoms with E-state index in [2.05, 4.69) is 145 Å². The number of benzene rings is 7. The maximum atomic E-state index is 2.41. The van der Waals surface area contributed by atoms with E-state index in [4.69, 9.17) is 0 Å². The molecule has 0 spiro atoms. The number of hydrogen-bond donors (Lipinski definition) is 0. The molecule has 0 radical (unpaired) electrons. The van der Waals surface area contributed by atoms with Gasteiger partial charge in [-0.15, -0.1) is 0 Å². The third-order valence-corrected chi connectivity index (χ3v) is 7.27. The normalized spacial score (nSPS) is 11.5. The van der Waals surface area contributed by atoms with Gasteiger partial charge >= 0.3 is 0 Å². The fourth-order valence-corrected chi connectivity index (χ4v) is 5.48. The zero-order valence-electron chi connectivity index (χ0n) is 20.1. The Morgan fingerprint density at radius 2 is 0.972 bits per heavy atom. The summed E-state index contributed by atoms with van der Waals surface area (Å²) in [5, 5.41) is 10.1. The van der Waals surface area contributed by atoms with Crippen molar-refractivity contribution in [3.63, 3.8) is 0 Å². The summed E-state index contributed by atoms with van der Waals surface area (Å²) < 4.78 is 0. The zero-order valence-corrected chi connectivity index (χ0v) is 20.1. The molecule has 0 fully saturated rings. The average Bonchev–Trinajstić information content (AvgIpc) is 2.94. The minimum absolute atomic E-state index is 1.15. The second-order valence-electron chi connectivity index (χ2n) is 9.53. The van der Waals surface area contributed by atoms with Crippen LogP contribution in [0.5, 0.6) is 0 Å². The molecule has 36 heavy (non-hydrogen) atoms. The van der Waals surface area contributed by atoms with Crippen molar-refractivity contribution in [2.45, 2.75) is 6.92 Å². The van der Waals surface area contributed by atoms with Crippen molar-refractivity contribution in [1.29, 1.82) is 0 Å². The average molecular weight is 460 g/mol. The summed E-state index contributed by atoms with van der Waals surface area (Å²) in [6.07, 6.45) is 0. The maximum absolute atomic E-state index is 2.41. The van der Waals surface area contributed by atoms with Crippen LogP contribution >= 0.6 is 0 Å². The van der Waals surface area contributed by atoms with Crippen molar-refractivity contribution < 1.29 is 0 Å². The van der Waals surface area contributed by atoms with Gasteiger partial charge in [0.25, 0.3) is 0 Å². The number of fused-ring (bicyclic) bond motifs is 6. The minimum atomic E-state index is 1.15. The Morgan fingerprint density at radius 3 is 1.75 bits per heavy atom. The standard InChI is InChI=1S/C35H25N/c1-24-13-20-29(21-14-24)36(30-22-19-27-16-15-25-7-2-4-10-31(25)33(27)23-30)34-12-6-9-28-18-17-26-8-3-5-11-32(26)35(28)34/h2-23H,1H3. The number of aryl methyl sites for hydroxylation is 1. The van der Waals surface area contributed by atoms with Crippen molar-refractivity contribution >= 4 is 60.2 Å². The Kier molecular flexibility index (Phi) is 4.75. The molecule has 0 aliphatic rings. The third-order valence-electron chi connectivity index (χ3n) is 7.27. The van der Waals surface area contributed by atoms with Crippen LogP contribution in [0.25, 0.3) is 43.1 Å². The molecule has 0 heterocycles. The van der Waals surface area contributed by atoms with Gasteiger partial charge in [0, 0.05) is 16.8 Å². The predicted octanol–water partition coefficient (Wildman–Crippen LogP) is 10.1. The van der Waals surface area contributed by atoms with Gasteiger partial charge in [0.2, 0.25) is 0 Å². The fourth-order valence-electron chi connectivity index (χ4n) is 5.48. The van der Waals surface area contributed by atoms with Crippen LogP contribution in [0.15, 0.2) is 133 Å². The molecule has 0 aliphatic heterocycles. The van der Waals surface area contributed by atoms with Crippen LogP contribution in [0, 0.1) is 6.92 Å². The first-order chi connectivity index (χ1) is 17.8. The smallest absolute Gasteiger partial charge is 0.0546 e. The lowest BCUT2D eigenvalue weighted by Gasteiger charge is -2.28. The maximum Gasteiger partial charge on any atom is 0.0546 e. The molecule has 0 bridgehead atoms. The van der Waals surface area contributed by atoms with E-state index >= 15 is 0 Å². The molecule has 170 valence electrons. The van der Waals surface area contributed by atoms with Gasteiger partial charge in [-0.2, -0.15) is 0 Å². The van der Waals surface area contributed by atoms with Gasteiger partial charge in [-0.25, -0.2) is 0 Å². The number of hydrogen-bond acceptors (Lipinski definition) is 1. The van der Waals surface area contributed by atoms with Crippen molar-refractivity contribution in [2.75, 3.05) is 4.90 Å². The molecular formula is C35H25N. The lowest BCUT2D eigenvalue weighted by atomic mass is 9.98. The molecule has 1 heteroatoms. The number of rotatable bonds is 3. The highest BCUT2D eigenvalue weighted by atomic mass is 15.1. The highest BCUT2D eigenvalue weighted by molar-refractivity contribution is 6.16. The quantitative estimate of drug-likeness (QED) is 0.238. The van der Waals surface area contributed by atoms with Crippen LogP contribution in [0.4, 0.5) is 17.1 Å². The molecule has 0 unspecified atom stereocenters. The van der Waals surface area contributed by atoms with E-state index in [-0.39, 0.29) is 0 Å². The summed E-state index contributed by atoms with van der Waals surface area (Å²) in [6.45, 7) is 2.14. The Labute approximate surface area is 210 Å². The zero-order chi connectivity index (χ0) is 24.1. The molecule has 1 nitrogen and oxygen atoms in total. The molecule has 0 aliphatic carbocycles. The molecule has 0 saturated carbocycles. The first-order valence-electron chi connectivity index (χ1n) is 12.5. The SMILES string of the molecule is Cc1ccc(N(c2ccc3ccc4ccccc4c3c2)c2cccc3ccc4ccccc4c23)cc1. The van der Waals surface area contributed by atoms with Crippen molar-refractivity contribution in [2.24, 2.45) is 0 Å². The second kappa shape index (κ2) is 8.25. The lowest BCUT2D eigenvalue weighted by Crippen LogP contribution is -2.10. The number of anilines is 3. The van der Waals surface area contributed by atoms with Crippen molar-refractivity contribution in [3.05, 3.63) is 139 Å². The monoisotopic (exact) mass is 459 g/mol. The minimum Gasteiger partial charge on any atom is -0.310 e. The van der Waals surface area contributed by atoms with E-state index in [1.807, 2.05) is 0 Å². The van der Waals surface area contributed by atoms with Gasteiger partial charge in [0.1, 0.15) is 0 Å². The van der Waals surface area contributed by atoms with Gasteiger partial charge in [-0.05, 0) is 75.0 Å². The Bertz CT molecular complexity index is 1900. The summed E-state index contributed by atoms with van der Waals surface area (Å²) >= 11 is 0. The topological polar surface area (TPSA) is 3.24 Å². The van der Waals surface area contributed by atoms with Crippen LogP contribution < -0.4 is 4.90 Å². The van der Waals surface area contributed by atoms with Gasteiger partial charge in [-0.3, -0.25) is 0 Å². The van der Waals surface area contributed by atoms with Gasteiger partial charge in [-0.1, -0.05) is 109 Å². The van der Waals surface area contributed by atoms with Crippen LogP contribution in [0.2, 0.25) is 0 Å². The van der Waals surface area contributed by atoms with E-state index in [1.54, 1.807) is 0 Å². The molecule has 0 amide bonds. The molecule has 7 aromatic carbocycles. The van der Waals surface area contributed by atoms with Crippen molar-refractivity contribution in [1.82, 2.24) is 0 Å². The highest BCUT2D eigenvalue weighted by Crippen LogP contribution is 2.42. The van der Waals surface area contributed by atoms with E-state index in [9.17, 15) is 0 Å². The van der Waals surface area contributed by atoms with Gasteiger partial charge in [0.05, 0.1) is 5.69 Å². The summed E-state index contributed by atoms with van der Waals surface area (Å²) in [5.74, 6) is 0. The van der Waals surface area contributed by atoms with E-state index in [0.717, 1.165) is 11.4 Å². The predicted molar refractivity (Wildman–Crippen MR) is 156 cm³/mol. The molecule has 7 aromatic rings.